The summed E-state index contributed by atoms with van der Waals surface area (Å²) in [6.07, 6.45) is 4.72. The van der Waals surface area contributed by atoms with Gasteiger partial charge in [0.2, 0.25) is 17.7 Å². The van der Waals surface area contributed by atoms with Gasteiger partial charge in [-0.2, -0.15) is 0 Å². The molecule has 2 aromatic carbocycles. The van der Waals surface area contributed by atoms with Crippen LogP contribution < -0.4 is 0 Å². The van der Waals surface area contributed by atoms with Crippen LogP contribution >= 0.6 is 0 Å². The summed E-state index contributed by atoms with van der Waals surface area (Å²) in [4.78, 5) is 48.2. The molecule has 0 bridgehead atoms. The van der Waals surface area contributed by atoms with E-state index in [2.05, 4.69) is 4.98 Å². The molecule has 0 radical (unpaired) electrons. The standard InChI is InChI=1S/C29H28FN3O3/c1-20-6-2-3-8-24(20)29(17-27(35)33(28(29)36)19-21-7-4-14-31-18-21)16-26(34)32-15-5-9-25(32)22-10-12-23(30)13-11-22/h2-4,6-8,10-14,18,25H,5,9,15-17,19H2,1H3/t25-,29+/m0/s1. The van der Waals surface area contributed by atoms with Gasteiger partial charge >= 0.3 is 0 Å². The number of carbonyl (C=O) groups excluding carboxylic acids is 3. The van der Waals surface area contributed by atoms with Crippen LogP contribution in [0, 0.1) is 12.7 Å². The Morgan fingerprint density at radius 3 is 2.58 bits per heavy atom. The SMILES string of the molecule is Cc1ccccc1[C@@]1(CC(=O)N2CCC[C@H]2c2ccc(F)cc2)CC(=O)N(Cc2cccnc2)C1=O. The molecule has 5 rings (SSSR count). The lowest BCUT2D eigenvalue weighted by Crippen LogP contribution is -2.43. The lowest BCUT2D eigenvalue weighted by atomic mass is 9.73. The number of likely N-dealkylation sites (tertiary alicyclic amines) is 2. The van der Waals surface area contributed by atoms with Gasteiger partial charge in [-0.05, 0) is 60.2 Å². The minimum atomic E-state index is -1.27. The van der Waals surface area contributed by atoms with Crippen LogP contribution in [0.15, 0.2) is 73.1 Å². The maximum absolute atomic E-state index is 14.0. The molecule has 2 aliphatic heterocycles. The number of pyridine rings is 1. The van der Waals surface area contributed by atoms with E-state index >= 15 is 0 Å². The zero-order valence-corrected chi connectivity index (χ0v) is 20.2. The second kappa shape index (κ2) is 9.64. The first-order valence-electron chi connectivity index (χ1n) is 12.2. The Morgan fingerprint density at radius 2 is 1.86 bits per heavy atom. The summed E-state index contributed by atoms with van der Waals surface area (Å²) in [6, 6.07) is 17.1. The number of rotatable bonds is 6. The number of aryl methyl sites for hydroxylation is 1. The molecular formula is C29H28FN3O3. The summed E-state index contributed by atoms with van der Waals surface area (Å²) < 4.78 is 13.5. The highest BCUT2D eigenvalue weighted by atomic mass is 19.1. The van der Waals surface area contributed by atoms with Crippen LogP contribution in [0.1, 0.15) is 54.0 Å². The molecule has 3 heterocycles. The van der Waals surface area contributed by atoms with Crippen molar-refractivity contribution in [3.8, 4) is 0 Å². The van der Waals surface area contributed by atoms with E-state index in [1.165, 1.54) is 17.0 Å². The van der Waals surface area contributed by atoms with Gasteiger partial charge in [-0.1, -0.05) is 42.5 Å². The Morgan fingerprint density at radius 1 is 1.08 bits per heavy atom. The predicted molar refractivity (Wildman–Crippen MR) is 132 cm³/mol. The quantitative estimate of drug-likeness (QED) is 0.483. The van der Waals surface area contributed by atoms with E-state index in [1.54, 1.807) is 35.5 Å². The van der Waals surface area contributed by atoms with E-state index in [1.807, 2.05) is 37.3 Å². The average Bonchev–Trinajstić information content (AvgIpc) is 3.45. The summed E-state index contributed by atoms with van der Waals surface area (Å²) >= 11 is 0. The van der Waals surface area contributed by atoms with Gasteiger partial charge in [-0.3, -0.25) is 24.3 Å². The van der Waals surface area contributed by atoms with Crippen LogP contribution in [0.3, 0.4) is 0 Å². The number of imide groups is 1. The van der Waals surface area contributed by atoms with Crippen molar-refractivity contribution in [1.29, 1.82) is 0 Å². The molecule has 2 aliphatic rings. The molecule has 0 N–H and O–H groups in total. The lowest BCUT2D eigenvalue weighted by Gasteiger charge is -2.32. The molecular weight excluding hydrogens is 457 g/mol. The van der Waals surface area contributed by atoms with Crippen LogP contribution in [0.5, 0.6) is 0 Å². The molecule has 2 fully saturated rings. The van der Waals surface area contributed by atoms with Crippen molar-refractivity contribution in [3.63, 3.8) is 0 Å². The molecule has 0 saturated carbocycles. The predicted octanol–water partition coefficient (Wildman–Crippen LogP) is 4.48. The first-order chi connectivity index (χ1) is 17.4. The van der Waals surface area contributed by atoms with Crippen LogP contribution in [0.2, 0.25) is 0 Å². The van der Waals surface area contributed by atoms with E-state index in [4.69, 9.17) is 0 Å². The van der Waals surface area contributed by atoms with Gasteiger partial charge in [0, 0.05) is 31.8 Å². The normalized spacial score (nSPS) is 21.9. The average molecular weight is 486 g/mol. The molecule has 36 heavy (non-hydrogen) atoms. The number of nitrogens with zero attached hydrogens (tertiary/aromatic N) is 3. The monoisotopic (exact) mass is 485 g/mol. The third-order valence-electron chi connectivity index (χ3n) is 7.41. The zero-order valence-electron chi connectivity index (χ0n) is 20.2. The van der Waals surface area contributed by atoms with Crippen molar-refractivity contribution in [1.82, 2.24) is 14.8 Å². The number of carbonyl (C=O) groups is 3. The van der Waals surface area contributed by atoms with E-state index in [9.17, 15) is 18.8 Å². The molecule has 2 atom stereocenters. The maximum atomic E-state index is 14.0. The number of benzene rings is 2. The molecule has 0 unspecified atom stereocenters. The number of hydrogen-bond donors (Lipinski definition) is 0. The summed E-state index contributed by atoms with van der Waals surface area (Å²) in [5.74, 6) is -1.14. The fourth-order valence-electron chi connectivity index (χ4n) is 5.65. The Hall–Kier alpha value is -3.87. The second-order valence-corrected chi connectivity index (χ2v) is 9.69. The van der Waals surface area contributed by atoms with Crippen LogP contribution in [-0.2, 0) is 26.3 Å². The highest BCUT2D eigenvalue weighted by molar-refractivity contribution is 6.10. The largest absolute Gasteiger partial charge is 0.336 e. The molecule has 6 nitrogen and oxygen atoms in total. The van der Waals surface area contributed by atoms with Crippen LogP contribution in [0.25, 0.3) is 0 Å². The summed E-state index contributed by atoms with van der Waals surface area (Å²) in [5.41, 5.74) is 1.94. The van der Waals surface area contributed by atoms with Crippen molar-refractivity contribution in [2.75, 3.05) is 6.54 Å². The molecule has 2 saturated heterocycles. The number of hydrogen-bond acceptors (Lipinski definition) is 4. The molecule has 184 valence electrons. The first-order valence-corrected chi connectivity index (χ1v) is 12.2. The maximum Gasteiger partial charge on any atom is 0.241 e. The number of aromatic nitrogens is 1. The summed E-state index contributed by atoms with van der Waals surface area (Å²) in [6.45, 7) is 2.59. The van der Waals surface area contributed by atoms with Gasteiger partial charge < -0.3 is 4.90 Å². The van der Waals surface area contributed by atoms with Crippen molar-refractivity contribution in [2.24, 2.45) is 0 Å². The van der Waals surface area contributed by atoms with Crippen molar-refractivity contribution in [2.45, 2.75) is 50.6 Å². The minimum absolute atomic E-state index is 0.0578. The van der Waals surface area contributed by atoms with Gasteiger partial charge in [-0.15, -0.1) is 0 Å². The Bertz CT molecular complexity index is 1290. The van der Waals surface area contributed by atoms with Crippen LogP contribution in [-0.4, -0.2) is 39.1 Å². The Kier molecular flexibility index (Phi) is 6.39. The molecule has 0 spiro atoms. The molecule has 3 amide bonds. The summed E-state index contributed by atoms with van der Waals surface area (Å²) in [5, 5.41) is 0. The van der Waals surface area contributed by atoms with E-state index in [0.717, 1.165) is 29.5 Å². The number of halogens is 1. The fourth-order valence-corrected chi connectivity index (χ4v) is 5.65. The third kappa shape index (κ3) is 4.30. The van der Waals surface area contributed by atoms with Crippen molar-refractivity contribution < 1.29 is 18.8 Å². The number of amides is 3. The highest BCUT2D eigenvalue weighted by Gasteiger charge is 2.55. The van der Waals surface area contributed by atoms with Gasteiger partial charge in [0.25, 0.3) is 0 Å². The Labute approximate surface area is 209 Å². The first kappa shape index (κ1) is 23.9. The van der Waals surface area contributed by atoms with E-state index in [0.29, 0.717) is 12.1 Å². The smallest absolute Gasteiger partial charge is 0.241 e. The van der Waals surface area contributed by atoms with E-state index < -0.39 is 5.41 Å². The Balaban J connectivity index is 1.48. The van der Waals surface area contributed by atoms with Crippen molar-refractivity contribution in [3.05, 3.63) is 101 Å². The molecule has 1 aromatic heterocycles. The fraction of sp³-hybridized carbons (Fsp3) is 0.310. The second-order valence-electron chi connectivity index (χ2n) is 9.69. The molecule has 0 aliphatic carbocycles. The molecule has 3 aromatic rings. The minimum Gasteiger partial charge on any atom is -0.336 e. The zero-order chi connectivity index (χ0) is 25.3. The lowest BCUT2D eigenvalue weighted by molar-refractivity contribution is -0.143. The topological polar surface area (TPSA) is 70.6 Å². The van der Waals surface area contributed by atoms with Gasteiger partial charge in [0.15, 0.2) is 0 Å². The van der Waals surface area contributed by atoms with Gasteiger partial charge in [0.1, 0.15) is 5.82 Å². The molecule has 7 heteroatoms. The van der Waals surface area contributed by atoms with E-state index in [-0.39, 0.29) is 49.0 Å². The highest BCUT2D eigenvalue weighted by Crippen LogP contribution is 2.43. The summed E-state index contributed by atoms with van der Waals surface area (Å²) in [7, 11) is 0. The van der Waals surface area contributed by atoms with Crippen LogP contribution in [0.4, 0.5) is 4.39 Å². The third-order valence-corrected chi connectivity index (χ3v) is 7.41. The van der Waals surface area contributed by atoms with Crippen molar-refractivity contribution >= 4 is 17.7 Å². The van der Waals surface area contributed by atoms with Gasteiger partial charge in [0.05, 0.1) is 18.0 Å². The van der Waals surface area contributed by atoms with Gasteiger partial charge in [-0.25, -0.2) is 4.39 Å².